The Hall–Kier alpha value is -3.55. The molecule has 0 saturated heterocycles. The fraction of sp³-hybridized carbons (Fsp3) is 0.292. The van der Waals surface area contributed by atoms with Crippen LogP contribution in [0, 0.1) is 0 Å². The van der Waals surface area contributed by atoms with E-state index in [1.807, 2.05) is 42.2 Å². The number of nitrogens with one attached hydrogen (secondary N) is 1. The summed E-state index contributed by atoms with van der Waals surface area (Å²) < 4.78 is 34.6. The molecule has 0 aliphatic rings. The van der Waals surface area contributed by atoms with E-state index in [1.165, 1.54) is 12.1 Å². The summed E-state index contributed by atoms with van der Waals surface area (Å²) in [6.45, 7) is 3.52. The molecule has 168 valence electrons. The average Bonchev–Trinajstić information content (AvgIpc) is 2.83. The quantitative estimate of drug-likeness (QED) is 0.492. The van der Waals surface area contributed by atoms with Crippen molar-refractivity contribution >= 4 is 12.0 Å². The van der Waals surface area contributed by atoms with Crippen molar-refractivity contribution in [3.63, 3.8) is 0 Å². The lowest BCUT2D eigenvalue weighted by Crippen LogP contribution is -2.36. The first-order valence-corrected chi connectivity index (χ1v) is 10.5. The molecule has 0 spiro atoms. The Morgan fingerprint density at radius 3 is 2.22 bits per heavy atom. The van der Waals surface area contributed by atoms with Gasteiger partial charge in [-0.05, 0) is 12.0 Å². The Kier molecular flexibility index (Phi) is 8.08. The maximum atomic E-state index is 14.7. The fourth-order valence-corrected chi connectivity index (χ4v) is 3.11. The lowest BCUT2D eigenvalue weighted by Gasteiger charge is -2.23. The summed E-state index contributed by atoms with van der Waals surface area (Å²) in [4.78, 5) is 22.1. The van der Waals surface area contributed by atoms with Gasteiger partial charge in [-0.25, -0.2) is 14.8 Å². The van der Waals surface area contributed by atoms with Gasteiger partial charge in [0.1, 0.15) is 6.61 Å². The summed E-state index contributed by atoms with van der Waals surface area (Å²) in [5.41, 5.74) is 0.516. The first-order valence-electron chi connectivity index (χ1n) is 10.5. The molecule has 32 heavy (non-hydrogen) atoms. The topological polar surface area (TPSA) is 67.4 Å². The van der Waals surface area contributed by atoms with Gasteiger partial charge < -0.3 is 15.0 Å². The Balaban J connectivity index is 1.55. The number of halogens is 2. The molecule has 1 aromatic heterocycles. The molecular formula is C24H26F2N4O2. The zero-order chi connectivity index (χ0) is 22.8. The highest BCUT2D eigenvalue weighted by atomic mass is 19.3. The van der Waals surface area contributed by atoms with E-state index in [-0.39, 0.29) is 17.7 Å². The number of carbonyl (C=O) groups excluding carboxylic acids is 1. The summed E-state index contributed by atoms with van der Waals surface area (Å²) in [5.74, 6) is -2.85. The van der Waals surface area contributed by atoms with E-state index in [2.05, 4.69) is 15.3 Å². The van der Waals surface area contributed by atoms with Crippen LogP contribution >= 0.6 is 0 Å². The number of alkyl carbamates (subject to hydrolysis) is 1. The van der Waals surface area contributed by atoms with Crippen molar-refractivity contribution in [1.29, 1.82) is 0 Å². The number of aromatic nitrogens is 2. The number of benzene rings is 2. The molecular weight excluding hydrogens is 414 g/mol. The van der Waals surface area contributed by atoms with E-state index in [9.17, 15) is 13.6 Å². The van der Waals surface area contributed by atoms with Gasteiger partial charge >= 0.3 is 12.0 Å². The Morgan fingerprint density at radius 1 is 0.969 bits per heavy atom. The van der Waals surface area contributed by atoms with Crippen LogP contribution in [0.4, 0.5) is 19.5 Å². The molecule has 8 heteroatoms. The smallest absolute Gasteiger partial charge is 0.407 e. The number of nitrogens with zero attached hydrogens (tertiary/aromatic N) is 3. The molecule has 0 atom stereocenters. The predicted molar refractivity (Wildman–Crippen MR) is 119 cm³/mol. The summed E-state index contributed by atoms with van der Waals surface area (Å²) in [7, 11) is 0. The van der Waals surface area contributed by atoms with Gasteiger partial charge in [-0.1, -0.05) is 67.6 Å². The van der Waals surface area contributed by atoms with E-state index in [0.717, 1.165) is 24.4 Å². The number of ether oxygens (including phenoxy) is 1. The number of hydrogen-bond donors (Lipinski definition) is 1. The first-order chi connectivity index (χ1) is 15.5. The second kappa shape index (κ2) is 11.2. The molecule has 0 aliphatic heterocycles. The van der Waals surface area contributed by atoms with E-state index < -0.39 is 12.0 Å². The summed E-state index contributed by atoms with van der Waals surface area (Å²) in [6, 6.07) is 17.0. The second-order valence-electron chi connectivity index (χ2n) is 7.19. The highest BCUT2D eigenvalue weighted by Crippen LogP contribution is 2.34. The number of rotatable bonds is 10. The van der Waals surface area contributed by atoms with Gasteiger partial charge in [0, 0.05) is 37.6 Å². The van der Waals surface area contributed by atoms with E-state index in [1.54, 1.807) is 18.2 Å². The second-order valence-corrected chi connectivity index (χ2v) is 7.19. The number of anilines is 1. The minimum absolute atomic E-state index is 0.111. The van der Waals surface area contributed by atoms with Crippen LogP contribution in [0.3, 0.4) is 0 Å². The molecule has 0 radical (unpaired) electrons. The lowest BCUT2D eigenvalue weighted by atomic mass is 10.0. The van der Waals surface area contributed by atoms with Gasteiger partial charge in [0.25, 0.3) is 0 Å². The van der Waals surface area contributed by atoms with Crippen molar-refractivity contribution in [2.45, 2.75) is 25.9 Å². The van der Waals surface area contributed by atoms with Crippen molar-refractivity contribution in [1.82, 2.24) is 15.3 Å². The van der Waals surface area contributed by atoms with Crippen molar-refractivity contribution in [2.24, 2.45) is 0 Å². The van der Waals surface area contributed by atoms with Gasteiger partial charge in [-0.2, -0.15) is 8.78 Å². The molecule has 1 amide bonds. The van der Waals surface area contributed by atoms with Gasteiger partial charge in [-0.3, -0.25) is 0 Å². The van der Waals surface area contributed by atoms with Crippen LogP contribution in [0.2, 0.25) is 0 Å². The Bertz CT molecular complexity index is 970. The van der Waals surface area contributed by atoms with Crippen LogP contribution in [-0.4, -0.2) is 35.7 Å². The molecule has 3 aromatic rings. The van der Waals surface area contributed by atoms with Crippen molar-refractivity contribution in [2.75, 3.05) is 24.5 Å². The zero-order valence-electron chi connectivity index (χ0n) is 17.9. The molecule has 0 aliphatic carbocycles. The van der Waals surface area contributed by atoms with Crippen molar-refractivity contribution in [3.8, 4) is 0 Å². The van der Waals surface area contributed by atoms with Crippen LogP contribution in [-0.2, 0) is 17.3 Å². The third-order valence-corrected chi connectivity index (χ3v) is 4.78. The number of amides is 1. The molecule has 1 N–H and O–H groups in total. The maximum absolute atomic E-state index is 14.7. The average molecular weight is 440 g/mol. The minimum atomic E-state index is -3.18. The highest BCUT2D eigenvalue weighted by molar-refractivity contribution is 5.67. The number of carbonyl (C=O) groups is 1. The van der Waals surface area contributed by atoms with Gasteiger partial charge in [0.15, 0.2) is 0 Å². The predicted octanol–water partition coefficient (Wildman–Crippen LogP) is 4.76. The van der Waals surface area contributed by atoms with Crippen LogP contribution in [0.25, 0.3) is 0 Å². The monoisotopic (exact) mass is 440 g/mol. The van der Waals surface area contributed by atoms with E-state index in [0.29, 0.717) is 25.6 Å². The molecule has 0 fully saturated rings. The molecule has 6 nitrogen and oxygen atoms in total. The zero-order valence-corrected chi connectivity index (χ0v) is 17.9. The molecule has 2 aromatic carbocycles. The van der Waals surface area contributed by atoms with Crippen LogP contribution in [0.1, 0.15) is 30.0 Å². The molecule has 0 bridgehead atoms. The lowest BCUT2D eigenvalue weighted by molar-refractivity contribution is 0.0421. The number of alkyl halides is 2. The van der Waals surface area contributed by atoms with E-state index in [4.69, 9.17) is 4.74 Å². The summed E-state index contributed by atoms with van der Waals surface area (Å²) in [5, 5.41) is 2.69. The SMILES string of the molecule is CCCN(CCNC(=O)OCc1ccccc1)c1ncc(C(F)(F)c2ccccc2)cn1. The van der Waals surface area contributed by atoms with Crippen LogP contribution in [0.5, 0.6) is 0 Å². The maximum Gasteiger partial charge on any atom is 0.407 e. The van der Waals surface area contributed by atoms with Gasteiger partial charge in [-0.15, -0.1) is 0 Å². The third kappa shape index (κ3) is 6.23. The minimum Gasteiger partial charge on any atom is -0.445 e. The van der Waals surface area contributed by atoms with Crippen molar-refractivity contribution < 1.29 is 18.3 Å². The molecule has 3 rings (SSSR count). The summed E-state index contributed by atoms with van der Waals surface area (Å²) >= 11 is 0. The van der Waals surface area contributed by atoms with Crippen LogP contribution < -0.4 is 10.2 Å². The Morgan fingerprint density at radius 2 is 1.59 bits per heavy atom. The van der Waals surface area contributed by atoms with E-state index >= 15 is 0 Å². The van der Waals surface area contributed by atoms with Gasteiger partial charge in [0.05, 0.1) is 5.56 Å². The normalized spacial score (nSPS) is 11.1. The highest BCUT2D eigenvalue weighted by Gasteiger charge is 2.34. The van der Waals surface area contributed by atoms with Crippen molar-refractivity contribution in [3.05, 3.63) is 89.7 Å². The fourth-order valence-electron chi connectivity index (χ4n) is 3.11. The summed E-state index contributed by atoms with van der Waals surface area (Å²) in [6.07, 6.45) is 2.59. The largest absolute Gasteiger partial charge is 0.445 e. The Labute approximate surface area is 186 Å². The van der Waals surface area contributed by atoms with Crippen LogP contribution in [0.15, 0.2) is 73.1 Å². The standard InChI is InChI=1S/C24H26F2N4O2/c1-2-14-30(15-13-27-23(31)32-18-19-9-5-3-6-10-19)22-28-16-21(17-29-22)24(25,26)20-11-7-4-8-12-20/h3-12,16-17H,2,13-15,18H2,1H3,(H,27,31). The van der Waals surface area contributed by atoms with Gasteiger partial charge in [0.2, 0.25) is 5.95 Å². The number of hydrogen-bond acceptors (Lipinski definition) is 5. The molecule has 0 saturated carbocycles. The third-order valence-electron chi connectivity index (χ3n) is 4.78. The molecule has 0 unspecified atom stereocenters. The first kappa shape index (κ1) is 23.1. The molecule has 1 heterocycles.